The Morgan fingerprint density at radius 2 is 1.85 bits per heavy atom. The number of carbonyl (C=O) groups is 1. The summed E-state index contributed by atoms with van der Waals surface area (Å²) in [7, 11) is 0. The van der Waals surface area contributed by atoms with Crippen LogP contribution in [0.2, 0.25) is 0 Å². The molecule has 0 spiro atoms. The molecule has 2 aliphatic rings. The molecule has 2 heterocycles. The first kappa shape index (κ1) is 19.2. The van der Waals surface area contributed by atoms with Crippen molar-refractivity contribution < 1.29 is 4.79 Å². The van der Waals surface area contributed by atoms with Gasteiger partial charge in [-0.25, -0.2) is 4.79 Å². The maximum atomic E-state index is 12.4. The summed E-state index contributed by atoms with van der Waals surface area (Å²) in [6.45, 7) is 11.2. The van der Waals surface area contributed by atoms with Crippen molar-refractivity contribution in [2.75, 3.05) is 58.9 Å². The lowest BCUT2D eigenvalue weighted by Gasteiger charge is -2.35. The van der Waals surface area contributed by atoms with Crippen LogP contribution in [0, 0.1) is 5.92 Å². The van der Waals surface area contributed by atoms with Gasteiger partial charge in [0.1, 0.15) is 0 Å². The molecule has 3 rings (SSSR count). The van der Waals surface area contributed by atoms with Crippen molar-refractivity contribution in [1.82, 2.24) is 20.0 Å². The highest BCUT2D eigenvalue weighted by Crippen LogP contribution is 2.16. The second kappa shape index (κ2) is 9.93. The highest BCUT2D eigenvalue weighted by atomic mass is 16.2. The molecule has 0 aliphatic carbocycles. The highest BCUT2D eigenvalue weighted by Gasteiger charge is 2.23. The second-order valence-electron chi connectivity index (χ2n) is 7.65. The molecule has 144 valence electrons. The molecule has 5 nitrogen and oxygen atoms in total. The third kappa shape index (κ3) is 5.71. The predicted octanol–water partition coefficient (Wildman–Crippen LogP) is 2.29. The summed E-state index contributed by atoms with van der Waals surface area (Å²) >= 11 is 0. The van der Waals surface area contributed by atoms with Crippen LogP contribution in [-0.2, 0) is 6.42 Å². The Morgan fingerprint density at radius 1 is 1.08 bits per heavy atom. The van der Waals surface area contributed by atoms with E-state index in [0.717, 1.165) is 58.8 Å². The van der Waals surface area contributed by atoms with Crippen LogP contribution in [-0.4, -0.2) is 79.6 Å². The topological polar surface area (TPSA) is 38.8 Å². The molecule has 0 unspecified atom stereocenters. The van der Waals surface area contributed by atoms with E-state index in [0.29, 0.717) is 5.92 Å². The number of nitrogens with zero attached hydrogens (tertiary/aromatic N) is 3. The van der Waals surface area contributed by atoms with Gasteiger partial charge in [0.2, 0.25) is 0 Å². The lowest BCUT2D eigenvalue weighted by atomic mass is 9.97. The Bertz CT molecular complexity index is 542. The molecule has 2 fully saturated rings. The maximum absolute atomic E-state index is 12.4. The van der Waals surface area contributed by atoms with Crippen LogP contribution < -0.4 is 5.32 Å². The summed E-state index contributed by atoms with van der Waals surface area (Å²) in [5, 5.41) is 3.19. The number of urea groups is 1. The zero-order chi connectivity index (χ0) is 18.2. The molecule has 1 N–H and O–H groups in total. The first-order valence-electron chi connectivity index (χ1n) is 10.3. The van der Waals surface area contributed by atoms with Gasteiger partial charge < -0.3 is 20.0 Å². The number of amides is 2. The molecule has 1 aromatic carbocycles. The number of nitrogens with one attached hydrogen (secondary N) is 1. The number of rotatable bonds is 6. The normalized spacial score (nSPS) is 22.3. The Labute approximate surface area is 158 Å². The molecule has 1 aromatic rings. The van der Waals surface area contributed by atoms with Gasteiger partial charge in [-0.15, -0.1) is 0 Å². The molecule has 1 atom stereocenters. The van der Waals surface area contributed by atoms with Gasteiger partial charge in [0.25, 0.3) is 0 Å². The zero-order valence-corrected chi connectivity index (χ0v) is 16.2. The maximum Gasteiger partial charge on any atom is 0.317 e. The molecule has 2 amide bonds. The monoisotopic (exact) mass is 358 g/mol. The van der Waals surface area contributed by atoms with Gasteiger partial charge >= 0.3 is 6.03 Å². The molecular weight excluding hydrogens is 324 g/mol. The lowest BCUT2D eigenvalue weighted by molar-refractivity contribution is 0.137. The molecule has 0 radical (unpaired) electrons. The molecule has 26 heavy (non-hydrogen) atoms. The molecule has 2 saturated heterocycles. The van der Waals surface area contributed by atoms with E-state index in [2.05, 4.69) is 52.4 Å². The number of carbonyl (C=O) groups excluding carboxylic acids is 1. The van der Waals surface area contributed by atoms with Crippen molar-refractivity contribution in [2.24, 2.45) is 5.92 Å². The van der Waals surface area contributed by atoms with Crippen LogP contribution in [0.15, 0.2) is 30.3 Å². The van der Waals surface area contributed by atoms with Gasteiger partial charge in [0, 0.05) is 45.8 Å². The number of piperidine rings is 1. The second-order valence-corrected chi connectivity index (χ2v) is 7.65. The molecule has 5 heteroatoms. The van der Waals surface area contributed by atoms with Crippen LogP contribution in [0.4, 0.5) is 4.79 Å². The van der Waals surface area contributed by atoms with Crippen molar-refractivity contribution in [3.63, 3.8) is 0 Å². The van der Waals surface area contributed by atoms with E-state index in [1.165, 1.54) is 24.9 Å². The van der Waals surface area contributed by atoms with Crippen LogP contribution in [0.3, 0.4) is 0 Å². The van der Waals surface area contributed by atoms with Gasteiger partial charge in [-0.05, 0) is 43.8 Å². The van der Waals surface area contributed by atoms with E-state index in [9.17, 15) is 4.79 Å². The third-order valence-electron chi connectivity index (χ3n) is 5.81. The Balaban J connectivity index is 1.36. The van der Waals surface area contributed by atoms with Gasteiger partial charge in [-0.2, -0.15) is 0 Å². The van der Waals surface area contributed by atoms with Crippen molar-refractivity contribution in [2.45, 2.75) is 26.2 Å². The zero-order valence-electron chi connectivity index (χ0n) is 16.2. The largest absolute Gasteiger partial charge is 0.338 e. The van der Waals surface area contributed by atoms with E-state index in [1.54, 1.807) is 0 Å². The fourth-order valence-corrected chi connectivity index (χ4v) is 4.06. The van der Waals surface area contributed by atoms with Crippen LogP contribution in [0.25, 0.3) is 0 Å². The van der Waals surface area contributed by atoms with E-state index < -0.39 is 0 Å². The summed E-state index contributed by atoms with van der Waals surface area (Å²) in [6.07, 6.45) is 3.58. The fourth-order valence-electron chi connectivity index (χ4n) is 4.06. The average Bonchev–Trinajstić information content (AvgIpc) is 2.71. The van der Waals surface area contributed by atoms with Crippen LogP contribution in [0.1, 0.15) is 25.3 Å². The van der Waals surface area contributed by atoms with Crippen molar-refractivity contribution in [3.8, 4) is 0 Å². The van der Waals surface area contributed by atoms with Gasteiger partial charge in [0.15, 0.2) is 0 Å². The lowest BCUT2D eigenvalue weighted by Crippen LogP contribution is -2.52. The number of hydrogen-bond acceptors (Lipinski definition) is 3. The predicted molar refractivity (Wildman–Crippen MR) is 106 cm³/mol. The molecular formula is C21H34N4O. The number of likely N-dealkylation sites (N-methyl/N-ethyl adjacent to an activating group) is 1. The van der Waals surface area contributed by atoms with Crippen LogP contribution in [0.5, 0.6) is 0 Å². The van der Waals surface area contributed by atoms with Crippen molar-refractivity contribution in [3.05, 3.63) is 35.9 Å². The molecule has 2 aliphatic heterocycles. The first-order valence-corrected chi connectivity index (χ1v) is 10.3. The summed E-state index contributed by atoms with van der Waals surface area (Å²) in [5.41, 5.74) is 1.41. The number of piperazine rings is 1. The molecule has 0 aromatic heterocycles. The smallest absolute Gasteiger partial charge is 0.317 e. The van der Waals surface area contributed by atoms with Crippen molar-refractivity contribution in [1.29, 1.82) is 0 Å². The van der Waals surface area contributed by atoms with Crippen LogP contribution >= 0.6 is 0 Å². The van der Waals surface area contributed by atoms with Gasteiger partial charge in [-0.1, -0.05) is 37.3 Å². The quantitative estimate of drug-likeness (QED) is 0.848. The number of hydrogen-bond donors (Lipinski definition) is 1. The average molecular weight is 359 g/mol. The minimum Gasteiger partial charge on any atom is -0.338 e. The van der Waals surface area contributed by atoms with Crippen molar-refractivity contribution >= 4 is 6.03 Å². The van der Waals surface area contributed by atoms with E-state index in [1.807, 2.05) is 4.90 Å². The number of likely N-dealkylation sites (tertiary alicyclic amines) is 1. The Kier molecular flexibility index (Phi) is 7.32. The minimum absolute atomic E-state index is 0.127. The van der Waals surface area contributed by atoms with E-state index >= 15 is 0 Å². The summed E-state index contributed by atoms with van der Waals surface area (Å²) in [5.74, 6) is 0.584. The van der Waals surface area contributed by atoms with Gasteiger partial charge in [-0.3, -0.25) is 0 Å². The minimum atomic E-state index is 0.127. The number of benzene rings is 1. The van der Waals surface area contributed by atoms with E-state index in [-0.39, 0.29) is 6.03 Å². The summed E-state index contributed by atoms with van der Waals surface area (Å²) < 4.78 is 0. The molecule has 0 bridgehead atoms. The Hall–Kier alpha value is -1.59. The first-order chi connectivity index (χ1) is 12.7. The standard InChI is InChI=1S/C21H34N4O/c1-2-23-13-15-25(16-14-23)21(26)22-17-20-9-6-11-24(18-20)12-10-19-7-4-3-5-8-19/h3-5,7-8,20H,2,6,9-18H2,1H3,(H,22,26)/t20-/m1/s1. The SMILES string of the molecule is CCN1CCN(C(=O)NC[C@H]2CCCN(CCc3ccccc3)C2)CC1. The Morgan fingerprint density at radius 3 is 2.58 bits per heavy atom. The molecule has 0 saturated carbocycles. The summed E-state index contributed by atoms with van der Waals surface area (Å²) in [6, 6.07) is 10.8. The highest BCUT2D eigenvalue weighted by molar-refractivity contribution is 5.74. The van der Waals surface area contributed by atoms with Gasteiger partial charge in [0.05, 0.1) is 0 Å². The fraction of sp³-hybridized carbons (Fsp3) is 0.667. The third-order valence-corrected chi connectivity index (χ3v) is 5.81. The summed E-state index contributed by atoms with van der Waals surface area (Å²) in [4.78, 5) is 19.3. The van der Waals surface area contributed by atoms with E-state index in [4.69, 9.17) is 0 Å².